The van der Waals surface area contributed by atoms with E-state index in [0.29, 0.717) is 5.02 Å². The quantitative estimate of drug-likeness (QED) is 0.159. The molecule has 3 heteroatoms. The minimum atomic E-state index is -0.442. The van der Waals surface area contributed by atoms with Gasteiger partial charge >= 0.3 is 0 Å². The first-order valence-electron chi connectivity index (χ1n) is 20.6. The first-order chi connectivity index (χ1) is 29.5. The van der Waals surface area contributed by atoms with E-state index in [4.69, 9.17) is 11.6 Å². The van der Waals surface area contributed by atoms with Crippen molar-refractivity contribution in [3.63, 3.8) is 0 Å². The largest absolute Gasteiger partial charge is 0.310 e. The number of benzene rings is 9. The maximum Gasteiger partial charge on any atom is 0.0726 e. The van der Waals surface area contributed by atoms with Crippen LogP contribution in [0.3, 0.4) is 0 Å². The second-order valence-corrected chi connectivity index (χ2v) is 16.5. The van der Waals surface area contributed by atoms with Gasteiger partial charge in [-0.25, -0.2) is 0 Å². The predicted octanol–water partition coefficient (Wildman–Crippen LogP) is 15.9. The molecule has 0 aliphatic heterocycles. The highest BCUT2D eigenvalue weighted by Gasteiger charge is 2.52. The van der Waals surface area contributed by atoms with Crippen molar-refractivity contribution in [2.24, 2.45) is 0 Å². The molecule has 11 rings (SSSR count). The van der Waals surface area contributed by atoms with Gasteiger partial charge in [0.2, 0.25) is 0 Å². The summed E-state index contributed by atoms with van der Waals surface area (Å²) in [6.07, 6.45) is 0. The number of rotatable bonds is 7. The fourth-order valence-corrected chi connectivity index (χ4v) is 10.3. The fourth-order valence-electron chi connectivity index (χ4n) is 10.0. The summed E-state index contributed by atoms with van der Waals surface area (Å²) in [4.78, 5) is 4.79. The Kier molecular flexibility index (Phi) is 8.58. The molecule has 2 aliphatic rings. The zero-order valence-corrected chi connectivity index (χ0v) is 34.2. The number of hydrogen-bond donors (Lipinski definition) is 0. The Balaban J connectivity index is 1.14. The highest BCUT2D eigenvalue weighted by Crippen LogP contribution is 2.64. The zero-order valence-electron chi connectivity index (χ0n) is 33.5. The van der Waals surface area contributed by atoms with Crippen molar-refractivity contribution in [3.05, 3.63) is 251 Å². The lowest BCUT2D eigenvalue weighted by Gasteiger charge is -2.32. The molecular weight excluding hydrogens is 748 g/mol. The molecule has 0 saturated heterocycles. The Labute approximate surface area is 357 Å². The molecule has 0 fully saturated rings. The number of hydrogen-bond acceptors (Lipinski definition) is 2. The number of nitrogens with zero attached hydrogens (tertiary/aromatic N) is 2. The average Bonchev–Trinajstić information content (AvgIpc) is 3.75. The molecule has 0 unspecified atom stereocenters. The summed E-state index contributed by atoms with van der Waals surface area (Å²) in [5, 5.41) is 0.706. The summed E-state index contributed by atoms with van der Waals surface area (Å²) >= 11 is 6.82. The maximum absolute atomic E-state index is 6.82. The third-order valence-electron chi connectivity index (χ3n) is 12.3. The van der Waals surface area contributed by atoms with E-state index in [1.165, 1.54) is 55.6 Å². The van der Waals surface area contributed by atoms with E-state index < -0.39 is 5.41 Å². The van der Waals surface area contributed by atoms with Gasteiger partial charge in [-0.05, 0) is 142 Å². The molecule has 2 nitrogen and oxygen atoms in total. The van der Waals surface area contributed by atoms with Crippen LogP contribution in [-0.4, -0.2) is 0 Å². The topological polar surface area (TPSA) is 6.48 Å². The van der Waals surface area contributed by atoms with Crippen molar-refractivity contribution < 1.29 is 0 Å². The van der Waals surface area contributed by atoms with Crippen molar-refractivity contribution in [2.45, 2.75) is 19.3 Å². The highest BCUT2D eigenvalue weighted by molar-refractivity contribution is 6.31. The zero-order chi connectivity index (χ0) is 40.4. The van der Waals surface area contributed by atoms with E-state index >= 15 is 0 Å². The van der Waals surface area contributed by atoms with E-state index in [1.54, 1.807) is 0 Å². The van der Waals surface area contributed by atoms with E-state index in [2.05, 4.69) is 230 Å². The standard InChI is InChI=1S/C57H41ClN2/c1-38-32-42(58)36-45(33-38)59(44-30-28-41(29-31-44)40-16-5-3-6-17-40)46-34-39(2)35-47(37-46)60(43-18-7-4-8-19-43)55-27-15-26-54-56(55)50-22-11-14-25-53(50)57(54)51-23-12-9-20-48(51)49-21-10-13-24-52(49)57/h3-37H,1-2H3. The third kappa shape index (κ3) is 5.63. The van der Waals surface area contributed by atoms with Crippen molar-refractivity contribution in [1.29, 1.82) is 0 Å². The number of fused-ring (bicyclic) bond motifs is 10. The van der Waals surface area contributed by atoms with Gasteiger partial charge in [0, 0.05) is 39.0 Å². The van der Waals surface area contributed by atoms with Crippen LogP contribution in [0.4, 0.5) is 34.1 Å². The predicted molar refractivity (Wildman–Crippen MR) is 252 cm³/mol. The summed E-state index contributed by atoms with van der Waals surface area (Å²) in [5.74, 6) is 0. The van der Waals surface area contributed by atoms with Gasteiger partial charge < -0.3 is 9.80 Å². The van der Waals surface area contributed by atoms with E-state index in [0.717, 1.165) is 45.3 Å². The molecule has 60 heavy (non-hydrogen) atoms. The molecule has 1 spiro atoms. The first-order valence-corrected chi connectivity index (χ1v) is 21.0. The molecule has 0 radical (unpaired) electrons. The van der Waals surface area contributed by atoms with Gasteiger partial charge in [-0.3, -0.25) is 0 Å². The second kappa shape index (κ2) is 14.3. The molecule has 0 amide bonds. The lowest BCUT2D eigenvalue weighted by atomic mass is 9.70. The van der Waals surface area contributed by atoms with Crippen LogP contribution in [0.15, 0.2) is 212 Å². The van der Waals surface area contributed by atoms with Crippen molar-refractivity contribution in [1.82, 2.24) is 0 Å². The highest BCUT2D eigenvalue weighted by atomic mass is 35.5. The van der Waals surface area contributed by atoms with Crippen LogP contribution in [-0.2, 0) is 5.41 Å². The Morgan fingerprint density at radius 3 is 1.45 bits per heavy atom. The van der Waals surface area contributed by atoms with Crippen molar-refractivity contribution in [2.75, 3.05) is 9.80 Å². The van der Waals surface area contributed by atoms with Crippen molar-refractivity contribution >= 4 is 45.7 Å². The maximum atomic E-state index is 6.82. The minimum absolute atomic E-state index is 0.442. The molecule has 0 atom stereocenters. The minimum Gasteiger partial charge on any atom is -0.310 e. The van der Waals surface area contributed by atoms with Gasteiger partial charge in [0.25, 0.3) is 0 Å². The van der Waals surface area contributed by atoms with Crippen LogP contribution in [0.5, 0.6) is 0 Å². The molecule has 0 aromatic heterocycles. The Morgan fingerprint density at radius 2 is 0.817 bits per heavy atom. The van der Waals surface area contributed by atoms with Gasteiger partial charge in [0.05, 0.1) is 11.1 Å². The Morgan fingerprint density at radius 1 is 0.350 bits per heavy atom. The van der Waals surface area contributed by atoms with Gasteiger partial charge in [-0.15, -0.1) is 0 Å². The van der Waals surface area contributed by atoms with Gasteiger partial charge in [-0.1, -0.05) is 157 Å². The van der Waals surface area contributed by atoms with E-state index in [1.807, 2.05) is 6.07 Å². The number of halogens is 1. The summed E-state index contributed by atoms with van der Waals surface area (Å²) in [6.45, 7) is 4.30. The third-order valence-corrected chi connectivity index (χ3v) is 12.6. The molecule has 9 aromatic carbocycles. The summed E-state index contributed by atoms with van der Waals surface area (Å²) in [5.41, 5.74) is 21.0. The SMILES string of the molecule is Cc1cc(Cl)cc(N(c2ccc(-c3ccccc3)cc2)c2cc(C)cc(N(c3ccccc3)c3cccc4c3-c3ccccc3C43c4ccccc4-c4ccccc43)c2)c1. The Hall–Kier alpha value is -7.13. The molecule has 9 aromatic rings. The number of anilines is 6. The van der Waals surface area contributed by atoms with Gasteiger partial charge in [-0.2, -0.15) is 0 Å². The van der Waals surface area contributed by atoms with Crippen LogP contribution in [0.25, 0.3) is 33.4 Å². The first kappa shape index (κ1) is 36.0. The smallest absolute Gasteiger partial charge is 0.0726 e. The monoisotopic (exact) mass is 788 g/mol. The Bertz CT molecular complexity index is 3010. The normalized spacial score (nSPS) is 12.7. The molecule has 0 N–H and O–H groups in total. The van der Waals surface area contributed by atoms with Crippen LogP contribution in [0, 0.1) is 13.8 Å². The molecule has 0 saturated carbocycles. The second-order valence-electron chi connectivity index (χ2n) is 16.0. The van der Waals surface area contributed by atoms with Crippen LogP contribution < -0.4 is 9.80 Å². The number of aryl methyl sites for hydroxylation is 2. The molecule has 0 bridgehead atoms. The van der Waals surface area contributed by atoms with Crippen molar-refractivity contribution in [3.8, 4) is 33.4 Å². The summed E-state index contributed by atoms with van der Waals surface area (Å²) < 4.78 is 0. The molecule has 2 aliphatic carbocycles. The van der Waals surface area contributed by atoms with Crippen LogP contribution in [0.1, 0.15) is 33.4 Å². The number of para-hydroxylation sites is 1. The van der Waals surface area contributed by atoms with Gasteiger partial charge in [0.15, 0.2) is 0 Å². The molecule has 0 heterocycles. The molecule has 286 valence electrons. The van der Waals surface area contributed by atoms with Crippen LogP contribution in [0.2, 0.25) is 5.02 Å². The lowest BCUT2D eigenvalue weighted by Crippen LogP contribution is -2.26. The summed E-state index contributed by atoms with van der Waals surface area (Å²) in [7, 11) is 0. The summed E-state index contributed by atoms with van der Waals surface area (Å²) in [6, 6.07) is 77.4. The fraction of sp³-hybridized carbons (Fsp3) is 0.0526. The lowest BCUT2D eigenvalue weighted by molar-refractivity contribution is 0.794. The van der Waals surface area contributed by atoms with E-state index in [9.17, 15) is 0 Å². The van der Waals surface area contributed by atoms with E-state index in [-0.39, 0.29) is 0 Å². The molecular formula is C57H41ClN2. The van der Waals surface area contributed by atoms with Crippen LogP contribution >= 0.6 is 11.6 Å². The van der Waals surface area contributed by atoms with Gasteiger partial charge in [0.1, 0.15) is 0 Å². The average molecular weight is 789 g/mol.